The molecule has 81 valence electrons. The number of carbonyl (C=O) groups excluding carboxylic acids is 1. The number of hydrogen-bond acceptors (Lipinski definition) is 3. The van der Waals surface area contributed by atoms with Crippen LogP contribution in [-0.2, 0) is 4.79 Å². The maximum absolute atomic E-state index is 10.8. The Morgan fingerprint density at radius 2 is 2.06 bits per heavy atom. The number of rotatable bonds is 2. The van der Waals surface area contributed by atoms with E-state index in [2.05, 4.69) is 4.98 Å². The molecule has 1 heterocycles. The minimum absolute atomic E-state index is 0.335. The molecule has 17 heavy (non-hydrogen) atoms. The molecule has 0 aliphatic heterocycles. The Morgan fingerprint density at radius 1 is 1.24 bits per heavy atom. The van der Waals surface area contributed by atoms with Crippen molar-refractivity contribution in [1.29, 1.82) is 5.26 Å². The first-order valence-corrected chi connectivity index (χ1v) is 5.17. The van der Waals surface area contributed by atoms with E-state index in [1.54, 1.807) is 36.4 Å². The number of nitriles is 1. The summed E-state index contributed by atoms with van der Waals surface area (Å²) in [6.45, 7) is 0. The first-order chi connectivity index (χ1) is 8.24. The third-order valence-corrected chi connectivity index (χ3v) is 2.46. The predicted octanol–water partition coefficient (Wildman–Crippen LogP) is 2.73. The number of halogens is 1. The van der Waals surface area contributed by atoms with Crippen LogP contribution in [0.15, 0.2) is 36.4 Å². The Bertz CT molecular complexity index is 617. The van der Waals surface area contributed by atoms with Crippen LogP contribution in [-0.4, -0.2) is 11.3 Å². The fraction of sp³-hybridized carbons (Fsp3) is 0. The van der Waals surface area contributed by atoms with Crippen LogP contribution >= 0.6 is 11.6 Å². The molecule has 0 atom stereocenters. The minimum Gasteiger partial charge on any atom is -0.285 e. The van der Waals surface area contributed by atoms with Gasteiger partial charge in [-0.05, 0) is 30.3 Å². The summed E-state index contributed by atoms with van der Waals surface area (Å²) in [5, 5.41) is 9.17. The Hall–Kier alpha value is -2.18. The second kappa shape index (κ2) is 4.77. The minimum atomic E-state index is 0.335. The average molecular weight is 242 g/mol. The summed E-state index contributed by atoms with van der Waals surface area (Å²) in [5.74, 6) is 0. The third-order valence-electron chi connectivity index (χ3n) is 2.25. The molecule has 1 aromatic carbocycles. The van der Waals surface area contributed by atoms with Gasteiger partial charge in [0.2, 0.25) is 6.29 Å². The van der Waals surface area contributed by atoms with Crippen molar-refractivity contribution in [3.05, 3.63) is 52.7 Å². The molecule has 0 saturated heterocycles. The zero-order valence-electron chi connectivity index (χ0n) is 8.64. The number of benzene rings is 1. The molecule has 0 unspecified atom stereocenters. The summed E-state index contributed by atoms with van der Waals surface area (Å²) < 4.78 is 0. The highest BCUT2D eigenvalue weighted by molar-refractivity contribution is 6.29. The van der Waals surface area contributed by atoms with E-state index in [1.807, 2.05) is 12.4 Å². The van der Waals surface area contributed by atoms with Crippen molar-refractivity contribution in [2.45, 2.75) is 0 Å². The molecule has 2 rings (SSSR count). The van der Waals surface area contributed by atoms with E-state index < -0.39 is 0 Å². The van der Waals surface area contributed by atoms with Crippen molar-refractivity contribution in [1.82, 2.24) is 4.98 Å². The van der Waals surface area contributed by atoms with Gasteiger partial charge in [0.05, 0.1) is 17.3 Å². The van der Waals surface area contributed by atoms with E-state index in [0.717, 1.165) is 0 Å². The van der Waals surface area contributed by atoms with Crippen LogP contribution in [0.1, 0.15) is 11.1 Å². The molecular weight excluding hydrogens is 236 g/mol. The average Bonchev–Trinajstić information content (AvgIpc) is 2.38. The number of aromatic nitrogens is 1. The van der Waals surface area contributed by atoms with E-state index in [-0.39, 0.29) is 0 Å². The van der Waals surface area contributed by atoms with Crippen molar-refractivity contribution in [3.8, 4) is 17.3 Å². The van der Waals surface area contributed by atoms with Crippen LogP contribution in [0.3, 0.4) is 0 Å². The van der Waals surface area contributed by atoms with Gasteiger partial charge >= 0.3 is 0 Å². The highest BCUT2D eigenvalue weighted by atomic mass is 35.5. The Balaban J connectivity index is 2.65. The maximum atomic E-state index is 10.8. The molecule has 1 aromatic heterocycles. The lowest BCUT2D eigenvalue weighted by Gasteiger charge is -2.04. The summed E-state index contributed by atoms with van der Waals surface area (Å²) in [6, 6.07) is 11.8. The van der Waals surface area contributed by atoms with Gasteiger partial charge in [-0.25, -0.2) is 4.98 Å². The van der Waals surface area contributed by atoms with E-state index in [0.29, 0.717) is 27.5 Å². The topological polar surface area (TPSA) is 53.8 Å². The summed E-state index contributed by atoms with van der Waals surface area (Å²) in [4.78, 5) is 14.9. The van der Waals surface area contributed by atoms with Crippen LogP contribution in [0.25, 0.3) is 11.3 Å². The van der Waals surface area contributed by atoms with Crippen LogP contribution in [0.2, 0.25) is 5.15 Å². The van der Waals surface area contributed by atoms with E-state index in [1.165, 1.54) is 0 Å². The number of nitrogens with zero attached hydrogens (tertiary/aromatic N) is 2. The fourth-order valence-corrected chi connectivity index (χ4v) is 1.64. The zero-order chi connectivity index (χ0) is 12.3. The summed E-state index contributed by atoms with van der Waals surface area (Å²) >= 11 is 5.79. The van der Waals surface area contributed by atoms with Gasteiger partial charge in [-0.1, -0.05) is 17.7 Å². The predicted molar refractivity (Wildman–Crippen MR) is 64.2 cm³/mol. The lowest BCUT2D eigenvalue weighted by Crippen LogP contribution is -1.92. The smallest absolute Gasteiger partial charge is 0.234 e. The SMILES string of the molecule is N#Cc1ccc([C]=O)c(-c2cccc(Cl)n2)c1. The van der Waals surface area contributed by atoms with Gasteiger partial charge in [-0.15, -0.1) is 0 Å². The molecule has 0 N–H and O–H groups in total. The largest absolute Gasteiger partial charge is 0.285 e. The summed E-state index contributed by atoms with van der Waals surface area (Å²) in [7, 11) is 0. The molecular formula is C13H6ClN2O. The molecule has 0 amide bonds. The lowest BCUT2D eigenvalue weighted by atomic mass is 10.0. The lowest BCUT2D eigenvalue weighted by molar-refractivity contribution is 0.563. The highest BCUT2D eigenvalue weighted by Crippen LogP contribution is 2.23. The summed E-state index contributed by atoms with van der Waals surface area (Å²) in [5.41, 5.74) is 1.93. The van der Waals surface area contributed by atoms with Crippen molar-refractivity contribution < 1.29 is 4.79 Å². The van der Waals surface area contributed by atoms with E-state index in [9.17, 15) is 4.79 Å². The quantitative estimate of drug-likeness (QED) is 0.760. The van der Waals surface area contributed by atoms with Crippen molar-refractivity contribution >= 4 is 17.9 Å². The zero-order valence-corrected chi connectivity index (χ0v) is 9.40. The van der Waals surface area contributed by atoms with E-state index >= 15 is 0 Å². The van der Waals surface area contributed by atoms with Gasteiger partial charge in [-0.2, -0.15) is 5.26 Å². The van der Waals surface area contributed by atoms with Crippen molar-refractivity contribution in [2.75, 3.05) is 0 Å². The number of pyridine rings is 1. The van der Waals surface area contributed by atoms with Gasteiger partial charge in [0.25, 0.3) is 0 Å². The Morgan fingerprint density at radius 3 is 2.71 bits per heavy atom. The molecule has 0 saturated carbocycles. The van der Waals surface area contributed by atoms with Gasteiger partial charge < -0.3 is 0 Å². The first-order valence-electron chi connectivity index (χ1n) is 4.80. The standard InChI is InChI=1S/C13H6ClN2O/c14-13-3-1-2-12(16-13)11-6-9(7-15)4-5-10(11)8-17/h1-6H. The highest BCUT2D eigenvalue weighted by Gasteiger charge is 2.08. The van der Waals surface area contributed by atoms with Gasteiger partial charge in [-0.3, -0.25) is 4.79 Å². The molecule has 1 radical (unpaired) electrons. The van der Waals surface area contributed by atoms with Crippen LogP contribution < -0.4 is 0 Å². The molecule has 4 heteroatoms. The summed E-state index contributed by atoms with van der Waals surface area (Å²) in [6.07, 6.45) is 1.82. The van der Waals surface area contributed by atoms with E-state index in [4.69, 9.17) is 16.9 Å². The second-order valence-electron chi connectivity index (χ2n) is 3.32. The molecule has 3 nitrogen and oxygen atoms in total. The molecule has 0 aliphatic rings. The molecule has 0 aliphatic carbocycles. The molecule has 0 bridgehead atoms. The Kier molecular flexibility index (Phi) is 3.17. The molecule has 0 spiro atoms. The molecule has 0 fully saturated rings. The fourth-order valence-electron chi connectivity index (χ4n) is 1.47. The Labute approximate surface area is 103 Å². The van der Waals surface area contributed by atoms with Crippen LogP contribution in [0.5, 0.6) is 0 Å². The first kappa shape index (κ1) is 11.3. The van der Waals surface area contributed by atoms with Crippen LogP contribution in [0.4, 0.5) is 0 Å². The van der Waals surface area contributed by atoms with Crippen molar-refractivity contribution in [3.63, 3.8) is 0 Å². The van der Waals surface area contributed by atoms with Gasteiger partial charge in [0, 0.05) is 11.1 Å². The van der Waals surface area contributed by atoms with Gasteiger partial charge in [0.1, 0.15) is 5.15 Å². The normalized spacial score (nSPS) is 9.65. The maximum Gasteiger partial charge on any atom is 0.234 e. The molecule has 2 aromatic rings. The van der Waals surface area contributed by atoms with Crippen molar-refractivity contribution in [2.24, 2.45) is 0 Å². The van der Waals surface area contributed by atoms with Crippen LogP contribution in [0, 0.1) is 11.3 Å². The number of hydrogen-bond donors (Lipinski definition) is 0. The third kappa shape index (κ3) is 2.32. The second-order valence-corrected chi connectivity index (χ2v) is 3.71. The van der Waals surface area contributed by atoms with Gasteiger partial charge in [0.15, 0.2) is 0 Å². The monoisotopic (exact) mass is 241 g/mol.